The number of anilines is 1. The number of carbonyl (C=O) groups excluding carboxylic acids is 3. The van der Waals surface area contributed by atoms with Gasteiger partial charge in [0.2, 0.25) is 0 Å². The van der Waals surface area contributed by atoms with E-state index >= 15 is 0 Å². The molecule has 0 radical (unpaired) electrons. The molecule has 0 atom stereocenters. The Hall–Kier alpha value is -3.17. The second-order valence-electron chi connectivity index (χ2n) is 5.88. The molecule has 0 N–H and O–H groups in total. The van der Waals surface area contributed by atoms with Crippen molar-refractivity contribution >= 4 is 34.9 Å². The molecule has 2 rings (SSSR count). The third-order valence-corrected chi connectivity index (χ3v) is 4.15. The maximum absolute atomic E-state index is 12.4. The summed E-state index contributed by atoms with van der Waals surface area (Å²) in [6.07, 6.45) is 0.00787. The summed E-state index contributed by atoms with van der Waals surface area (Å²) >= 11 is 5.78. The molecule has 7 heteroatoms. The number of amides is 1. The van der Waals surface area contributed by atoms with Crippen LogP contribution in [0.4, 0.5) is 5.69 Å². The second-order valence-corrected chi connectivity index (χ2v) is 6.32. The average molecular weight is 399 g/mol. The Morgan fingerprint density at radius 2 is 1.68 bits per heavy atom. The summed E-state index contributed by atoms with van der Waals surface area (Å²) in [6.45, 7) is -0.250. The number of halogens is 1. The van der Waals surface area contributed by atoms with Crippen molar-refractivity contribution in [1.29, 1.82) is 5.26 Å². The van der Waals surface area contributed by atoms with Crippen molar-refractivity contribution in [3.05, 3.63) is 65.2 Å². The highest BCUT2D eigenvalue weighted by Gasteiger charge is 2.18. The minimum Gasteiger partial charge on any atom is -0.456 e. The molecule has 2 aromatic rings. The van der Waals surface area contributed by atoms with E-state index in [1.165, 1.54) is 4.90 Å². The van der Waals surface area contributed by atoms with Gasteiger partial charge in [-0.1, -0.05) is 29.8 Å². The zero-order valence-corrected chi connectivity index (χ0v) is 15.9. The number of hydrogen-bond donors (Lipinski definition) is 0. The predicted octanol–water partition coefficient (Wildman–Crippen LogP) is 3.79. The summed E-state index contributed by atoms with van der Waals surface area (Å²) in [5, 5.41) is 9.30. The first-order valence-corrected chi connectivity index (χ1v) is 9.06. The molecule has 0 spiro atoms. The van der Waals surface area contributed by atoms with E-state index in [0.717, 1.165) is 0 Å². The van der Waals surface area contributed by atoms with Gasteiger partial charge in [0, 0.05) is 29.2 Å². The Morgan fingerprint density at radius 1 is 1.00 bits per heavy atom. The van der Waals surface area contributed by atoms with Crippen LogP contribution in [0.5, 0.6) is 0 Å². The van der Waals surface area contributed by atoms with Crippen molar-refractivity contribution in [1.82, 2.24) is 0 Å². The third kappa shape index (κ3) is 6.53. The smallest absolute Gasteiger partial charge is 0.306 e. The van der Waals surface area contributed by atoms with E-state index in [0.29, 0.717) is 16.3 Å². The van der Waals surface area contributed by atoms with Crippen LogP contribution in [0, 0.1) is 11.3 Å². The number of carbonyl (C=O) groups is 3. The van der Waals surface area contributed by atoms with Crippen LogP contribution in [-0.4, -0.2) is 30.8 Å². The lowest BCUT2D eigenvalue weighted by atomic mass is 10.1. The van der Waals surface area contributed by atoms with Crippen LogP contribution < -0.4 is 4.90 Å². The first kappa shape index (κ1) is 21.1. The summed E-state index contributed by atoms with van der Waals surface area (Å²) in [6, 6.07) is 17.2. The van der Waals surface area contributed by atoms with Gasteiger partial charge in [-0.2, -0.15) is 5.26 Å². The number of ketones is 1. The molecule has 0 aliphatic heterocycles. The van der Waals surface area contributed by atoms with Gasteiger partial charge in [-0.05, 0) is 36.4 Å². The molecule has 0 aliphatic carbocycles. The molecule has 144 valence electrons. The molecule has 6 nitrogen and oxygen atoms in total. The molecular weight excluding hydrogens is 380 g/mol. The Kier molecular flexibility index (Phi) is 8.19. The van der Waals surface area contributed by atoms with Crippen LogP contribution >= 0.6 is 11.6 Å². The first-order chi connectivity index (χ1) is 13.5. The molecule has 0 saturated heterocycles. The average Bonchev–Trinajstić information content (AvgIpc) is 2.72. The van der Waals surface area contributed by atoms with Crippen LogP contribution in [0.2, 0.25) is 5.02 Å². The largest absolute Gasteiger partial charge is 0.456 e. The van der Waals surface area contributed by atoms with Crippen LogP contribution in [0.25, 0.3) is 0 Å². The van der Waals surface area contributed by atoms with E-state index in [-0.39, 0.29) is 31.6 Å². The molecule has 28 heavy (non-hydrogen) atoms. The second kappa shape index (κ2) is 10.9. The minimum atomic E-state index is -0.635. The maximum Gasteiger partial charge on any atom is 0.306 e. The van der Waals surface area contributed by atoms with Gasteiger partial charge in [-0.3, -0.25) is 14.4 Å². The van der Waals surface area contributed by atoms with E-state index < -0.39 is 18.5 Å². The van der Waals surface area contributed by atoms with Crippen molar-refractivity contribution < 1.29 is 19.1 Å². The molecule has 0 unspecified atom stereocenters. The van der Waals surface area contributed by atoms with Gasteiger partial charge >= 0.3 is 5.97 Å². The van der Waals surface area contributed by atoms with E-state index in [9.17, 15) is 14.4 Å². The molecule has 0 fully saturated rings. The van der Waals surface area contributed by atoms with Gasteiger partial charge in [-0.15, -0.1) is 0 Å². The number of nitriles is 1. The molecule has 2 aromatic carbocycles. The van der Waals surface area contributed by atoms with Gasteiger partial charge in [0.15, 0.2) is 12.4 Å². The number of benzene rings is 2. The SMILES string of the molecule is N#CCCN(C(=O)COC(=O)CCC(=O)c1ccc(Cl)cc1)c1ccccc1. The Labute approximate surface area is 168 Å². The lowest BCUT2D eigenvalue weighted by molar-refractivity contribution is -0.147. The predicted molar refractivity (Wildman–Crippen MR) is 105 cm³/mol. The van der Waals surface area contributed by atoms with E-state index in [4.69, 9.17) is 21.6 Å². The Bertz CT molecular complexity index is 860. The van der Waals surface area contributed by atoms with E-state index in [2.05, 4.69) is 0 Å². The van der Waals surface area contributed by atoms with Crippen molar-refractivity contribution in [2.45, 2.75) is 19.3 Å². The normalized spacial score (nSPS) is 10.0. The monoisotopic (exact) mass is 398 g/mol. The highest BCUT2D eigenvalue weighted by atomic mass is 35.5. The molecule has 0 saturated carbocycles. The topological polar surface area (TPSA) is 87.5 Å². The van der Waals surface area contributed by atoms with Gasteiger partial charge in [-0.25, -0.2) is 0 Å². The summed E-state index contributed by atoms with van der Waals surface area (Å²) in [4.78, 5) is 37.7. The number of rotatable bonds is 9. The molecular formula is C21H19ClN2O4. The maximum atomic E-state index is 12.4. The molecule has 1 amide bonds. The molecule has 0 bridgehead atoms. The van der Waals surface area contributed by atoms with Gasteiger partial charge in [0.25, 0.3) is 5.91 Å². The highest BCUT2D eigenvalue weighted by Crippen LogP contribution is 2.15. The number of nitrogens with zero attached hydrogens (tertiary/aromatic N) is 2. The number of ether oxygens (including phenoxy) is 1. The zero-order chi connectivity index (χ0) is 20.4. The fourth-order valence-corrected chi connectivity index (χ4v) is 2.58. The van der Waals surface area contributed by atoms with Crippen LogP contribution in [-0.2, 0) is 14.3 Å². The fraction of sp³-hybridized carbons (Fsp3) is 0.238. The number of Topliss-reactive ketones (excluding diaryl/α,β-unsaturated/α-hetero) is 1. The lowest BCUT2D eigenvalue weighted by Crippen LogP contribution is -2.35. The fourth-order valence-electron chi connectivity index (χ4n) is 2.46. The van der Waals surface area contributed by atoms with Crippen LogP contribution in [0.3, 0.4) is 0 Å². The van der Waals surface area contributed by atoms with Crippen LogP contribution in [0.15, 0.2) is 54.6 Å². The number of esters is 1. The zero-order valence-electron chi connectivity index (χ0n) is 15.1. The third-order valence-electron chi connectivity index (χ3n) is 3.90. The summed E-state index contributed by atoms with van der Waals surface area (Å²) in [5.41, 5.74) is 1.08. The number of para-hydroxylation sites is 1. The Morgan fingerprint density at radius 3 is 2.32 bits per heavy atom. The standard InChI is InChI=1S/C21H19ClN2O4/c22-17-9-7-16(8-10-17)19(25)11-12-21(27)28-15-20(26)24(14-4-13-23)18-5-2-1-3-6-18/h1-3,5-10H,4,11-12,14-15H2. The highest BCUT2D eigenvalue weighted by molar-refractivity contribution is 6.30. The summed E-state index contributed by atoms with van der Waals surface area (Å²) < 4.78 is 5.01. The quantitative estimate of drug-likeness (QED) is 0.473. The van der Waals surface area contributed by atoms with E-state index in [1.807, 2.05) is 12.1 Å². The minimum absolute atomic E-state index is 0.0223. The van der Waals surface area contributed by atoms with Crippen molar-refractivity contribution in [3.8, 4) is 6.07 Å². The van der Waals surface area contributed by atoms with Crippen molar-refractivity contribution in [3.63, 3.8) is 0 Å². The van der Waals surface area contributed by atoms with Gasteiger partial charge < -0.3 is 9.64 Å². The van der Waals surface area contributed by atoms with Crippen molar-refractivity contribution in [2.75, 3.05) is 18.1 Å². The van der Waals surface area contributed by atoms with E-state index in [1.54, 1.807) is 48.5 Å². The first-order valence-electron chi connectivity index (χ1n) is 8.68. The number of hydrogen-bond acceptors (Lipinski definition) is 5. The Balaban J connectivity index is 1.84. The van der Waals surface area contributed by atoms with Gasteiger partial charge in [0.05, 0.1) is 18.9 Å². The summed E-state index contributed by atoms with van der Waals surface area (Å²) in [7, 11) is 0. The summed E-state index contributed by atoms with van der Waals surface area (Å²) in [5.74, 6) is -1.28. The molecule has 0 heterocycles. The molecule has 0 aromatic heterocycles. The van der Waals surface area contributed by atoms with Gasteiger partial charge in [0.1, 0.15) is 0 Å². The molecule has 0 aliphatic rings. The lowest BCUT2D eigenvalue weighted by Gasteiger charge is -2.21. The van der Waals surface area contributed by atoms with Crippen LogP contribution in [0.1, 0.15) is 29.6 Å². The van der Waals surface area contributed by atoms with Crippen molar-refractivity contribution in [2.24, 2.45) is 0 Å².